The van der Waals surface area contributed by atoms with Gasteiger partial charge in [-0.05, 0) is 30.3 Å². The summed E-state index contributed by atoms with van der Waals surface area (Å²) in [4.78, 5) is 10.6. The summed E-state index contributed by atoms with van der Waals surface area (Å²) >= 11 is 5.88. The molecular weight excluding hydrogens is 372 g/mol. The first-order chi connectivity index (χ1) is 13.1. The summed E-state index contributed by atoms with van der Waals surface area (Å²) in [5.41, 5.74) is 2.64. The van der Waals surface area contributed by atoms with Gasteiger partial charge in [0.25, 0.3) is 5.69 Å². The summed E-state index contributed by atoms with van der Waals surface area (Å²) in [6, 6.07) is 11.6. The molecule has 0 bridgehead atoms. The normalized spacial score (nSPS) is 10.6. The van der Waals surface area contributed by atoms with Gasteiger partial charge in [0.1, 0.15) is 5.69 Å². The fourth-order valence-electron chi connectivity index (χ4n) is 2.42. The highest BCUT2D eigenvalue weighted by molar-refractivity contribution is 6.30. The molecule has 9 nitrogen and oxygen atoms in total. The van der Waals surface area contributed by atoms with Crippen LogP contribution in [0.2, 0.25) is 5.02 Å². The molecule has 0 spiro atoms. The summed E-state index contributed by atoms with van der Waals surface area (Å²) in [5, 5.41) is 34.9. The zero-order valence-electron chi connectivity index (χ0n) is 14.2. The zero-order chi connectivity index (χ0) is 19.2. The third-order valence-corrected chi connectivity index (χ3v) is 3.99. The number of halogens is 1. The summed E-state index contributed by atoms with van der Waals surface area (Å²) in [6.07, 6.45) is 1.76. The van der Waals surface area contributed by atoms with E-state index in [-0.39, 0.29) is 12.3 Å². The van der Waals surface area contributed by atoms with Crippen molar-refractivity contribution >= 4 is 28.7 Å². The van der Waals surface area contributed by atoms with Gasteiger partial charge in [0, 0.05) is 23.7 Å². The molecule has 3 N–H and O–H groups in total. The highest BCUT2D eigenvalue weighted by atomic mass is 35.5. The van der Waals surface area contributed by atoms with Gasteiger partial charge in [-0.25, -0.2) is 4.68 Å². The van der Waals surface area contributed by atoms with Gasteiger partial charge in [0.2, 0.25) is 0 Å². The average Bonchev–Trinajstić information content (AvgIpc) is 3.14. The summed E-state index contributed by atoms with van der Waals surface area (Å²) < 4.78 is 1.62. The second-order valence-electron chi connectivity index (χ2n) is 5.62. The summed E-state index contributed by atoms with van der Waals surface area (Å²) in [7, 11) is 0. The van der Waals surface area contributed by atoms with Crippen LogP contribution in [0.5, 0.6) is 0 Å². The maximum Gasteiger partial charge on any atom is 0.271 e. The van der Waals surface area contributed by atoms with Crippen LogP contribution in [0.4, 0.5) is 17.1 Å². The Balaban J connectivity index is 1.74. The number of non-ortho nitro benzene ring substituents is 1. The van der Waals surface area contributed by atoms with E-state index in [1.54, 1.807) is 29.1 Å². The summed E-state index contributed by atoms with van der Waals surface area (Å²) in [6.45, 7) is 0.605. The predicted octanol–water partition coefficient (Wildman–Crippen LogP) is 2.85. The Kier molecular flexibility index (Phi) is 5.84. The lowest BCUT2D eigenvalue weighted by atomic mass is 10.2. The Labute approximate surface area is 159 Å². The van der Waals surface area contributed by atoms with E-state index in [2.05, 4.69) is 20.9 Å². The first kappa shape index (κ1) is 18.6. The molecule has 10 heteroatoms. The first-order valence-corrected chi connectivity index (χ1v) is 8.49. The predicted molar refractivity (Wildman–Crippen MR) is 102 cm³/mol. The SMILES string of the molecule is O=[N+]([O-])c1ccc(NCCO)c(NCc2cn(-c3ccc(Cl)cc3)nn2)c1. The molecule has 3 aromatic rings. The van der Waals surface area contributed by atoms with Crippen molar-refractivity contribution in [1.29, 1.82) is 0 Å². The van der Waals surface area contributed by atoms with Crippen LogP contribution < -0.4 is 10.6 Å². The molecule has 0 aliphatic carbocycles. The number of nitrogens with one attached hydrogen (secondary N) is 2. The van der Waals surface area contributed by atoms with Crippen LogP contribution in [0.15, 0.2) is 48.7 Å². The molecule has 0 unspecified atom stereocenters. The summed E-state index contributed by atoms with van der Waals surface area (Å²) in [5.74, 6) is 0. The van der Waals surface area contributed by atoms with Crippen molar-refractivity contribution in [1.82, 2.24) is 15.0 Å². The number of nitro benzene ring substituents is 1. The smallest absolute Gasteiger partial charge is 0.271 e. The number of anilines is 2. The minimum absolute atomic E-state index is 0.0307. The maximum atomic E-state index is 11.0. The van der Waals surface area contributed by atoms with E-state index in [9.17, 15) is 10.1 Å². The fourth-order valence-corrected chi connectivity index (χ4v) is 2.55. The number of benzene rings is 2. The quantitative estimate of drug-likeness (QED) is 0.401. The largest absolute Gasteiger partial charge is 0.395 e. The molecule has 27 heavy (non-hydrogen) atoms. The van der Waals surface area contributed by atoms with E-state index in [1.807, 2.05) is 12.1 Å². The molecule has 140 valence electrons. The van der Waals surface area contributed by atoms with Gasteiger partial charge < -0.3 is 15.7 Å². The number of aliphatic hydroxyl groups is 1. The topological polar surface area (TPSA) is 118 Å². The Morgan fingerprint density at radius 1 is 1.15 bits per heavy atom. The molecule has 0 fully saturated rings. The molecule has 0 saturated carbocycles. The number of aliphatic hydroxyl groups excluding tert-OH is 1. The van der Waals surface area contributed by atoms with E-state index in [4.69, 9.17) is 16.7 Å². The lowest BCUT2D eigenvalue weighted by molar-refractivity contribution is -0.384. The Hall–Kier alpha value is -3.17. The van der Waals surface area contributed by atoms with Crippen molar-refractivity contribution in [2.45, 2.75) is 6.54 Å². The molecular formula is C17H17ClN6O3. The van der Waals surface area contributed by atoms with Gasteiger partial charge in [0.05, 0.1) is 41.3 Å². The van der Waals surface area contributed by atoms with Gasteiger partial charge in [-0.15, -0.1) is 5.10 Å². The van der Waals surface area contributed by atoms with Crippen molar-refractivity contribution in [3.05, 3.63) is 69.5 Å². The molecule has 0 aliphatic rings. The van der Waals surface area contributed by atoms with Crippen LogP contribution in [0.3, 0.4) is 0 Å². The standard InChI is InChI=1S/C17H17ClN6O3/c18-12-1-3-14(4-2-12)23-11-13(21-22-23)10-20-17-9-15(24(26)27)5-6-16(17)19-7-8-25/h1-6,9,11,19-20,25H,7-8,10H2. The average molecular weight is 389 g/mol. The third-order valence-electron chi connectivity index (χ3n) is 3.73. The number of hydrogen-bond acceptors (Lipinski definition) is 7. The monoisotopic (exact) mass is 388 g/mol. The minimum Gasteiger partial charge on any atom is -0.395 e. The molecule has 1 aromatic heterocycles. The number of nitro groups is 1. The van der Waals surface area contributed by atoms with Crippen LogP contribution in [0, 0.1) is 10.1 Å². The van der Waals surface area contributed by atoms with Crippen molar-refractivity contribution in [3.8, 4) is 5.69 Å². The van der Waals surface area contributed by atoms with Gasteiger partial charge in [-0.2, -0.15) is 0 Å². The van der Waals surface area contributed by atoms with Crippen molar-refractivity contribution in [2.75, 3.05) is 23.8 Å². The number of nitrogens with zero attached hydrogens (tertiary/aromatic N) is 4. The zero-order valence-corrected chi connectivity index (χ0v) is 14.9. The van der Waals surface area contributed by atoms with Crippen LogP contribution in [-0.4, -0.2) is 38.2 Å². The van der Waals surface area contributed by atoms with E-state index in [0.29, 0.717) is 35.2 Å². The molecule has 1 heterocycles. The van der Waals surface area contributed by atoms with Crippen LogP contribution in [0.25, 0.3) is 5.69 Å². The third kappa shape index (κ3) is 4.72. The maximum absolute atomic E-state index is 11.0. The molecule has 0 amide bonds. The van der Waals surface area contributed by atoms with Gasteiger partial charge in [-0.1, -0.05) is 16.8 Å². The second-order valence-corrected chi connectivity index (χ2v) is 6.06. The lowest BCUT2D eigenvalue weighted by Crippen LogP contribution is -2.09. The van der Waals surface area contributed by atoms with Crippen LogP contribution in [-0.2, 0) is 6.54 Å². The Bertz CT molecular complexity index is 929. The van der Waals surface area contributed by atoms with Crippen LogP contribution in [0.1, 0.15) is 5.69 Å². The molecule has 0 atom stereocenters. The minimum atomic E-state index is -0.460. The molecule has 3 rings (SSSR count). The second kappa shape index (κ2) is 8.47. The van der Waals surface area contributed by atoms with Crippen LogP contribution >= 0.6 is 11.6 Å². The first-order valence-electron chi connectivity index (χ1n) is 8.11. The number of rotatable bonds is 8. The van der Waals surface area contributed by atoms with Crippen molar-refractivity contribution in [2.24, 2.45) is 0 Å². The Morgan fingerprint density at radius 3 is 2.63 bits per heavy atom. The van der Waals surface area contributed by atoms with Crippen molar-refractivity contribution in [3.63, 3.8) is 0 Å². The van der Waals surface area contributed by atoms with Gasteiger partial charge in [0.15, 0.2) is 0 Å². The van der Waals surface area contributed by atoms with E-state index < -0.39 is 4.92 Å². The molecule has 0 radical (unpaired) electrons. The molecule has 0 saturated heterocycles. The fraction of sp³-hybridized carbons (Fsp3) is 0.176. The molecule has 2 aromatic carbocycles. The van der Waals surface area contributed by atoms with E-state index in [0.717, 1.165) is 5.69 Å². The Morgan fingerprint density at radius 2 is 1.93 bits per heavy atom. The lowest BCUT2D eigenvalue weighted by Gasteiger charge is -2.12. The van der Waals surface area contributed by atoms with Crippen molar-refractivity contribution < 1.29 is 10.0 Å². The van der Waals surface area contributed by atoms with E-state index in [1.165, 1.54) is 12.1 Å². The highest BCUT2D eigenvalue weighted by Crippen LogP contribution is 2.27. The highest BCUT2D eigenvalue weighted by Gasteiger charge is 2.11. The van der Waals surface area contributed by atoms with Gasteiger partial charge >= 0.3 is 0 Å². The van der Waals surface area contributed by atoms with Gasteiger partial charge in [-0.3, -0.25) is 10.1 Å². The molecule has 0 aliphatic heterocycles. The number of aromatic nitrogens is 3. The number of hydrogen-bond donors (Lipinski definition) is 3. The van der Waals surface area contributed by atoms with E-state index >= 15 is 0 Å².